The molecule has 0 aromatic heterocycles. The van der Waals surface area contributed by atoms with Gasteiger partial charge < -0.3 is 5.11 Å². The van der Waals surface area contributed by atoms with Gasteiger partial charge in [0.2, 0.25) is 0 Å². The van der Waals surface area contributed by atoms with E-state index in [0.29, 0.717) is 6.42 Å². The van der Waals surface area contributed by atoms with Gasteiger partial charge in [-0.25, -0.2) is 0 Å². The van der Waals surface area contributed by atoms with Gasteiger partial charge in [-0.1, -0.05) is 34.7 Å². The zero-order valence-electron chi connectivity index (χ0n) is 4.60. The summed E-state index contributed by atoms with van der Waals surface area (Å²) in [5.74, 6) is 0. The molecule has 1 nitrogen and oxygen atoms in total. The highest BCUT2D eigenvalue weighted by molar-refractivity contribution is 9.11. The zero-order valence-corrected chi connectivity index (χ0v) is 6.19. The third-order valence-corrected chi connectivity index (χ3v) is 1.31. The van der Waals surface area contributed by atoms with Crippen LogP contribution in [0.2, 0.25) is 0 Å². The van der Waals surface area contributed by atoms with Gasteiger partial charge in [-0.15, -0.1) is 0 Å². The quantitative estimate of drug-likeness (QED) is 0.652. The molecule has 0 aromatic rings. The molecule has 0 unspecified atom stereocenters. The minimum atomic E-state index is 0.197. The van der Waals surface area contributed by atoms with Crippen LogP contribution in [-0.2, 0) is 0 Å². The molecule has 0 saturated heterocycles. The van der Waals surface area contributed by atoms with E-state index in [0.717, 1.165) is 4.48 Å². The lowest BCUT2D eigenvalue weighted by molar-refractivity contribution is 0.302. The van der Waals surface area contributed by atoms with Crippen LogP contribution < -0.4 is 0 Å². The van der Waals surface area contributed by atoms with Crippen molar-refractivity contribution < 1.29 is 5.11 Å². The summed E-state index contributed by atoms with van der Waals surface area (Å²) >= 11 is 3.21. The van der Waals surface area contributed by atoms with Gasteiger partial charge in [0.15, 0.2) is 0 Å². The van der Waals surface area contributed by atoms with E-state index in [1.165, 1.54) is 0 Å². The molecule has 8 heavy (non-hydrogen) atoms. The van der Waals surface area contributed by atoms with Crippen molar-refractivity contribution in [2.45, 2.75) is 6.42 Å². The normalized spacial score (nSPS) is 11.5. The highest BCUT2D eigenvalue weighted by atomic mass is 79.9. The van der Waals surface area contributed by atoms with Gasteiger partial charge in [0, 0.05) is 11.1 Å². The van der Waals surface area contributed by atoms with Crippen LogP contribution in [-0.4, -0.2) is 11.7 Å². The van der Waals surface area contributed by atoms with Gasteiger partial charge in [0.25, 0.3) is 0 Å². The summed E-state index contributed by atoms with van der Waals surface area (Å²) in [4.78, 5) is 0. The first kappa shape index (κ1) is 7.92. The molecule has 0 atom stereocenters. The van der Waals surface area contributed by atoms with E-state index in [1.807, 2.05) is 6.08 Å². The van der Waals surface area contributed by atoms with Crippen LogP contribution in [0.15, 0.2) is 23.2 Å². The summed E-state index contributed by atoms with van der Waals surface area (Å²) in [6, 6.07) is 0. The Balaban J connectivity index is 3.40. The second-order valence-electron chi connectivity index (χ2n) is 1.31. The minimum absolute atomic E-state index is 0.197. The molecule has 0 amide bonds. The highest BCUT2D eigenvalue weighted by Gasteiger charge is 1.78. The fourth-order valence-corrected chi connectivity index (χ4v) is 0.515. The molecule has 0 saturated carbocycles. The molecule has 46 valence electrons. The molecule has 0 aliphatic carbocycles. The molecule has 0 aliphatic rings. The van der Waals surface area contributed by atoms with Gasteiger partial charge in [-0.3, -0.25) is 0 Å². The van der Waals surface area contributed by atoms with Crippen LogP contribution >= 0.6 is 15.9 Å². The SMILES string of the molecule is C=C/C(Br)=C\CCO. The van der Waals surface area contributed by atoms with E-state index < -0.39 is 0 Å². The second-order valence-corrected chi connectivity index (χ2v) is 2.22. The molecule has 0 spiro atoms. The zero-order chi connectivity index (χ0) is 6.41. The average Bonchev–Trinajstić information content (AvgIpc) is 1.83. The second kappa shape index (κ2) is 5.06. The predicted octanol–water partition coefficient (Wildman–Crippen LogP) is 1.83. The minimum Gasteiger partial charge on any atom is -0.396 e. The van der Waals surface area contributed by atoms with Crippen molar-refractivity contribution in [2.75, 3.05) is 6.61 Å². The van der Waals surface area contributed by atoms with Crippen molar-refractivity contribution in [3.05, 3.63) is 23.2 Å². The number of hydrogen-bond donors (Lipinski definition) is 1. The number of hydrogen-bond acceptors (Lipinski definition) is 1. The summed E-state index contributed by atoms with van der Waals surface area (Å²) in [5.41, 5.74) is 0. The Morgan fingerprint density at radius 1 is 1.75 bits per heavy atom. The van der Waals surface area contributed by atoms with Gasteiger partial charge in [-0.05, 0) is 6.42 Å². The van der Waals surface area contributed by atoms with Gasteiger partial charge in [0.05, 0.1) is 0 Å². The number of aliphatic hydroxyl groups is 1. The number of aliphatic hydroxyl groups excluding tert-OH is 1. The van der Waals surface area contributed by atoms with Crippen molar-refractivity contribution in [3.63, 3.8) is 0 Å². The summed E-state index contributed by atoms with van der Waals surface area (Å²) in [6.07, 6.45) is 4.25. The first-order valence-electron chi connectivity index (χ1n) is 2.40. The van der Waals surface area contributed by atoms with E-state index in [4.69, 9.17) is 5.11 Å². The lowest BCUT2D eigenvalue weighted by atomic mass is 10.4. The summed E-state index contributed by atoms with van der Waals surface area (Å²) < 4.78 is 0.937. The van der Waals surface area contributed by atoms with Crippen molar-refractivity contribution in [1.29, 1.82) is 0 Å². The van der Waals surface area contributed by atoms with E-state index in [9.17, 15) is 0 Å². The number of rotatable bonds is 3. The molecule has 0 radical (unpaired) electrons. The molecule has 0 heterocycles. The van der Waals surface area contributed by atoms with Crippen molar-refractivity contribution in [3.8, 4) is 0 Å². The number of halogens is 1. The molecule has 0 aromatic carbocycles. The van der Waals surface area contributed by atoms with Gasteiger partial charge in [0.1, 0.15) is 0 Å². The van der Waals surface area contributed by atoms with Crippen LogP contribution in [0.5, 0.6) is 0 Å². The third kappa shape index (κ3) is 4.09. The average molecular weight is 177 g/mol. The lowest BCUT2D eigenvalue weighted by Gasteiger charge is -1.85. The standard InChI is InChI=1S/C6H9BrO/c1-2-6(7)4-3-5-8/h2,4,8H,1,3,5H2/b6-4+. The summed E-state index contributed by atoms with van der Waals surface area (Å²) in [6.45, 7) is 3.71. The molecular weight excluding hydrogens is 168 g/mol. The summed E-state index contributed by atoms with van der Waals surface area (Å²) in [5, 5.41) is 8.31. The van der Waals surface area contributed by atoms with Crippen LogP contribution in [0.25, 0.3) is 0 Å². The monoisotopic (exact) mass is 176 g/mol. The molecule has 1 N–H and O–H groups in total. The Labute approximate surface area is 57.8 Å². The maximum absolute atomic E-state index is 8.31. The Morgan fingerprint density at radius 3 is 2.75 bits per heavy atom. The third-order valence-electron chi connectivity index (χ3n) is 0.663. The topological polar surface area (TPSA) is 20.2 Å². The smallest absolute Gasteiger partial charge is 0.0466 e. The van der Waals surface area contributed by atoms with Crippen molar-refractivity contribution >= 4 is 15.9 Å². The maximum atomic E-state index is 8.31. The van der Waals surface area contributed by atoms with Crippen LogP contribution in [0.3, 0.4) is 0 Å². The summed E-state index contributed by atoms with van der Waals surface area (Å²) in [7, 11) is 0. The first-order chi connectivity index (χ1) is 3.81. The molecule has 0 bridgehead atoms. The van der Waals surface area contributed by atoms with Crippen LogP contribution in [0, 0.1) is 0 Å². The number of allylic oxidation sites excluding steroid dienone is 2. The molecule has 0 aliphatic heterocycles. The maximum Gasteiger partial charge on any atom is 0.0466 e. The predicted molar refractivity (Wildman–Crippen MR) is 38.9 cm³/mol. The van der Waals surface area contributed by atoms with E-state index >= 15 is 0 Å². The first-order valence-corrected chi connectivity index (χ1v) is 3.19. The Kier molecular flexibility index (Phi) is 5.01. The Hall–Kier alpha value is -0.0800. The lowest BCUT2D eigenvalue weighted by Crippen LogP contribution is -1.75. The molecule has 2 heteroatoms. The van der Waals surface area contributed by atoms with Crippen molar-refractivity contribution in [1.82, 2.24) is 0 Å². The van der Waals surface area contributed by atoms with E-state index in [1.54, 1.807) is 6.08 Å². The molecule has 0 fully saturated rings. The van der Waals surface area contributed by atoms with E-state index in [-0.39, 0.29) is 6.61 Å². The van der Waals surface area contributed by atoms with E-state index in [2.05, 4.69) is 22.5 Å². The van der Waals surface area contributed by atoms with Crippen molar-refractivity contribution in [2.24, 2.45) is 0 Å². The largest absolute Gasteiger partial charge is 0.396 e. The van der Waals surface area contributed by atoms with Crippen LogP contribution in [0.1, 0.15) is 6.42 Å². The van der Waals surface area contributed by atoms with Gasteiger partial charge >= 0.3 is 0 Å². The fourth-order valence-electron chi connectivity index (χ4n) is 0.286. The highest BCUT2D eigenvalue weighted by Crippen LogP contribution is 2.05. The fraction of sp³-hybridized carbons (Fsp3) is 0.333. The molecular formula is C6H9BrO. The Morgan fingerprint density at radius 2 is 2.38 bits per heavy atom. The van der Waals surface area contributed by atoms with Gasteiger partial charge in [-0.2, -0.15) is 0 Å². The van der Waals surface area contributed by atoms with Crippen LogP contribution in [0.4, 0.5) is 0 Å². The Bertz CT molecular complexity index is 96.7. The molecule has 0 rings (SSSR count).